The maximum atomic E-state index is 10.1. The highest BCUT2D eigenvalue weighted by molar-refractivity contribution is 5.38. The van der Waals surface area contributed by atoms with Crippen molar-refractivity contribution in [1.29, 1.82) is 0 Å². The number of hydrogen-bond acceptors (Lipinski definition) is 5. The van der Waals surface area contributed by atoms with Gasteiger partial charge in [0.2, 0.25) is 5.95 Å². The zero-order chi connectivity index (χ0) is 14.5. The van der Waals surface area contributed by atoms with Crippen molar-refractivity contribution in [2.75, 3.05) is 11.9 Å². The molecule has 2 N–H and O–H groups in total. The Morgan fingerprint density at radius 3 is 2.38 bits per heavy atom. The molecule has 0 saturated carbocycles. The molecule has 2 aromatic carbocycles. The van der Waals surface area contributed by atoms with Crippen LogP contribution >= 0.6 is 0 Å². The number of nitrogens with one attached hydrogen (secondary N) is 1. The fourth-order valence-electron chi connectivity index (χ4n) is 2.02. The van der Waals surface area contributed by atoms with Crippen LogP contribution < -0.4 is 5.32 Å². The number of anilines is 1. The molecule has 0 aliphatic heterocycles. The zero-order valence-corrected chi connectivity index (χ0v) is 11.3. The molecule has 0 amide bonds. The molecule has 0 aliphatic carbocycles. The molecule has 0 spiro atoms. The molecule has 0 bridgehead atoms. The van der Waals surface area contributed by atoms with Crippen molar-refractivity contribution in [2.24, 2.45) is 0 Å². The fraction of sp³-hybridized carbons (Fsp3) is 0.133. The third-order valence-electron chi connectivity index (χ3n) is 3.11. The smallest absolute Gasteiger partial charge is 0.247 e. The summed E-state index contributed by atoms with van der Waals surface area (Å²) < 4.78 is 1.59. The molecule has 1 heterocycles. The van der Waals surface area contributed by atoms with Crippen molar-refractivity contribution in [3.05, 3.63) is 66.2 Å². The molecule has 106 valence electrons. The maximum Gasteiger partial charge on any atom is 0.247 e. The zero-order valence-electron chi connectivity index (χ0n) is 11.3. The SMILES string of the molecule is OC(CNc1nnnn1-c1ccccc1)c1ccccc1. The summed E-state index contributed by atoms with van der Waals surface area (Å²) in [6.45, 7) is 0.331. The van der Waals surface area contributed by atoms with E-state index < -0.39 is 6.10 Å². The normalized spacial score (nSPS) is 12.0. The lowest BCUT2D eigenvalue weighted by atomic mass is 10.1. The monoisotopic (exact) mass is 281 g/mol. The number of aliphatic hydroxyl groups excluding tert-OH is 1. The Kier molecular flexibility index (Phi) is 3.88. The molecular formula is C15H15N5O. The predicted octanol–water partition coefficient (Wildman–Crippen LogP) is 1.81. The molecule has 1 unspecified atom stereocenters. The molecule has 21 heavy (non-hydrogen) atoms. The molecule has 0 radical (unpaired) electrons. The molecule has 0 fully saturated rings. The van der Waals surface area contributed by atoms with E-state index in [0.29, 0.717) is 12.5 Å². The molecule has 0 saturated heterocycles. The van der Waals surface area contributed by atoms with E-state index in [1.54, 1.807) is 4.68 Å². The van der Waals surface area contributed by atoms with Gasteiger partial charge in [0.25, 0.3) is 0 Å². The summed E-state index contributed by atoms with van der Waals surface area (Å²) in [5.74, 6) is 0.496. The number of para-hydroxylation sites is 1. The van der Waals surface area contributed by atoms with Gasteiger partial charge in [0.05, 0.1) is 11.8 Å². The average molecular weight is 281 g/mol. The lowest BCUT2D eigenvalue weighted by Gasteiger charge is -2.12. The summed E-state index contributed by atoms with van der Waals surface area (Å²) in [5, 5.41) is 24.8. The fourth-order valence-corrected chi connectivity index (χ4v) is 2.02. The molecular weight excluding hydrogens is 266 g/mol. The van der Waals surface area contributed by atoms with Crippen LogP contribution in [0.1, 0.15) is 11.7 Å². The summed E-state index contributed by atoms with van der Waals surface area (Å²) in [7, 11) is 0. The van der Waals surface area contributed by atoms with Crippen molar-refractivity contribution in [1.82, 2.24) is 20.2 Å². The van der Waals surface area contributed by atoms with Crippen LogP contribution in [0.3, 0.4) is 0 Å². The molecule has 1 atom stereocenters. The van der Waals surface area contributed by atoms with Crippen molar-refractivity contribution in [2.45, 2.75) is 6.10 Å². The van der Waals surface area contributed by atoms with E-state index in [-0.39, 0.29) is 0 Å². The van der Waals surface area contributed by atoms with Gasteiger partial charge in [-0.1, -0.05) is 53.6 Å². The van der Waals surface area contributed by atoms with Gasteiger partial charge < -0.3 is 10.4 Å². The molecule has 6 heteroatoms. The van der Waals surface area contributed by atoms with Crippen molar-refractivity contribution >= 4 is 5.95 Å². The lowest BCUT2D eigenvalue weighted by molar-refractivity contribution is 0.191. The van der Waals surface area contributed by atoms with Crippen molar-refractivity contribution < 1.29 is 5.11 Å². The van der Waals surface area contributed by atoms with E-state index in [4.69, 9.17) is 0 Å². The number of nitrogens with zero attached hydrogens (tertiary/aromatic N) is 4. The summed E-state index contributed by atoms with van der Waals surface area (Å²) in [6.07, 6.45) is -0.618. The van der Waals surface area contributed by atoms with E-state index in [1.165, 1.54) is 0 Å². The third-order valence-corrected chi connectivity index (χ3v) is 3.11. The van der Waals surface area contributed by atoms with E-state index in [0.717, 1.165) is 11.3 Å². The topological polar surface area (TPSA) is 75.9 Å². The average Bonchev–Trinajstić information content (AvgIpc) is 3.03. The first kappa shape index (κ1) is 13.3. The highest BCUT2D eigenvalue weighted by Crippen LogP contribution is 2.14. The first-order valence-electron chi connectivity index (χ1n) is 6.65. The number of tetrazole rings is 1. The summed E-state index contributed by atoms with van der Waals surface area (Å²) in [5.41, 5.74) is 1.71. The highest BCUT2D eigenvalue weighted by atomic mass is 16.3. The highest BCUT2D eigenvalue weighted by Gasteiger charge is 2.11. The minimum absolute atomic E-state index is 0.331. The van der Waals surface area contributed by atoms with E-state index >= 15 is 0 Å². The lowest BCUT2D eigenvalue weighted by Crippen LogP contribution is -2.15. The number of aliphatic hydroxyl groups is 1. The van der Waals surface area contributed by atoms with Gasteiger partial charge in [-0.15, -0.1) is 0 Å². The molecule has 6 nitrogen and oxygen atoms in total. The quantitative estimate of drug-likeness (QED) is 0.746. The van der Waals surface area contributed by atoms with Crippen LogP contribution in [-0.2, 0) is 0 Å². The molecule has 0 aliphatic rings. The number of benzene rings is 2. The van der Waals surface area contributed by atoms with Gasteiger partial charge in [-0.25, -0.2) is 0 Å². The van der Waals surface area contributed by atoms with Crippen LogP contribution in [0.15, 0.2) is 60.7 Å². The molecule has 1 aromatic heterocycles. The number of hydrogen-bond donors (Lipinski definition) is 2. The molecule has 3 rings (SSSR count). The Morgan fingerprint density at radius 1 is 1.00 bits per heavy atom. The largest absolute Gasteiger partial charge is 0.387 e. The standard InChI is InChI=1S/C15H15N5O/c21-14(12-7-3-1-4-8-12)11-16-15-17-18-19-20(15)13-9-5-2-6-10-13/h1-10,14,21H,11H2,(H,16,17,19). The summed E-state index contributed by atoms with van der Waals surface area (Å²) in [4.78, 5) is 0. The Bertz CT molecular complexity index is 684. The van der Waals surface area contributed by atoms with Gasteiger partial charge in [-0.2, -0.15) is 4.68 Å². The van der Waals surface area contributed by atoms with E-state index in [9.17, 15) is 5.11 Å². The van der Waals surface area contributed by atoms with Crippen LogP contribution in [0.5, 0.6) is 0 Å². The number of rotatable bonds is 5. The Balaban J connectivity index is 1.71. The Morgan fingerprint density at radius 2 is 1.67 bits per heavy atom. The van der Waals surface area contributed by atoms with Crippen LogP contribution in [0.4, 0.5) is 5.95 Å². The predicted molar refractivity (Wildman–Crippen MR) is 79.0 cm³/mol. The van der Waals surface area contributed by atoms with Crippen LogP contribution in [0.25, 0.3) is 5.69 Å². The van der Waals surface area contributed by atoms with Gasteiger partial charge >= 0.3 is 0 Å². The first-order valence-corrected chi connectivity index (χ1v) is 6.65. The van der Waals surface area contributed by atoms with E-state index in [2.05, 4.69) is 20.8 Å². The maximum absolute atomic E-state index is 10.1. The summed E-state index contributed by atoms with van der Waals surface area (Å²) in [6, 6.07) is 19.1. The van der Waals surface area contributed by atoms with Gasteiger partial charge in [0, 0.05) is 6.54 Å². The Hall–Kier alpha value is -2.73. The number of aromatic nitrogens is 4. The van der Waals surface area contributed by atoms with Gasteiger partial charge in [-0.05, 0) is 28.1 Å². The van der Waals surface area contributed by atoms with Gasteiger partial charge in [0.1, 0.15) is 0 Å². The van der Waals surface area contributed by atoms with Gasteiger partial charge in [-0.3, -0.25) is 0 Å². The Labute approximate surface area is 122 Å². The second-order valence-electron chi connectivity index (χ2n) is 4.56. The van der Waals surface area contributed by atoms with Crippen LogP contribution in [0.2, 0.25) is 0 Å². The van der Waals surface area contributed by atoms with Crippen molar-refractivity contribution in [3.8, 4) is 5.69 Å². The van der Waals surface area contributed by atoms with Crippen LogP contribution in [-0.4, -0.2) is 31.9 Å². The molecule has 3 aromatic rings. The minimum atomic E-state index is -0.618. The second kappa shape index (κ2) is 6.15. The van der Waals surface area contributed by atoms with Crippen LogP contribution in [0, 0.1) is 0 Å². The van der Waals surface area contributed by atoms with Crippen molar-refractivity contribution in [3.63, 3.8) is 0 Å². The van der Waals surface area contributed by atoms with Gasteiger partial charge in [0.15, 0.2) is 0 Å². The van der Waals surface area contributed by atoms with E-state index in [1.807, 2.05) is 60.7 Å². The third kappa shape index (κ3) is 3.06. The summed E-state index contributed by atoms with van der Waals surface area (Å²) >= 11 is 0. The first-order chi connectivity index (χ1) is 10.3. The minimum Gasteiger partial charge on any atom is -0.387 e. The second-order valence-corrected chi connectivity index (χ2v) is 4.56.